The van der Waals surface area contributed by atoms with Gasteiger partial charge < -0.3 is 9.88 Å². The van der Waals surface area contributed by atoms with Gasteiger partial charge in [-0.05, 0) is 47.9 Å². The summed E-state index contributed by atoms with van der Waals surface area (Å²) in [5.74, 6) is 2.27. The van der Waals surface area contributed by atoms with Crippen molar-refractivity contribution in [2.45, 2.75) is 19.8 Å². The summed E-state index contributed by atoms with van der Waals surface area (Å²) in [7, 11) is 3.96. The van der Waals surface area contributed by atoms with Gasteiger partial charge in [0.05, 0.1) is 11.0 Å². The molecule has 0 aliphatic heterocycles. The van der Waals surface area contributed by atoms with Crippen LogP contribution in [0.4, 0.5) is 11.6 Å². The van der Waals surface area contributed by atoms with Gasteiger partial charge in [0.25, 0.3) is 0 Å². The molecule has 5 aromatic rings. The van der Waals surface area contributed by atoms with E-state index in [0.717, 1.165) is 45.1 Å². The van der Waals surface area contributed by atoms with Crippen LogP contribution in [-0.4, -0.2) is 29.3 Å². The Kier molecular flexibility index (Phi) is 4.93. The minimum absolute atomic E-state index is 0.474. The van der Waals surface area contributed by atoms with Crippen LogP contribution in [0.3, 0.4) is 0 Å². The average Bonchev–Trinajstić information content (AvgIpc) is 3.37. The molecule has 32 heavy (non-hydrogen) atoms. The molecular formula is C25H25N7. The van der Waals surface area contributed by atoms with Gasteiger partial charge in [0.15, 0.2) is 0 Å². The van der Waals surface area contributed by atoms with Crippen LogP contribution in [0.25, 0.3) is 33.4 Å². The van der Waals surface area contributed by atoms with Crippen LogP contribution in [0.5, 0.6) is 0 Å². The van der Waals surface area contributed by atoms with Gasteiger partial charge >= 0.3 is 0 Å². The number of hydrogen-bond acceptors (Lipinski definition) is 5. The highest BCUT2D eigenvalue weighted by molar-refractivity contribution is 5.86. The van der Waals surface area contributed by atoms with E-state index in [1.807, 2.05) is 55.4 Å². The van der Waals surface area contributed by atoms with Crippen molar-refractivity contribution in [3.8, 4) is 22.4 Å². The Morgan fingerprint density at radius 3 is 2.47 bits per heavy atom. The van der Waals surface area contributed by atoms with E-state index in [4.69, 9.17) is 4.98 Å². The van der Waals surface area contributed by atoms with Crippen molar-refractivity contribution in [2.24, 2.45) is 14.1 Å². The first-order valence-corrected chi connectivity index (χ1v) is 10.6. The third-order valence-corrected chi connectivity index (χ3v) is 5.58. The zero-order chi connectivity index (χ0) is 22.2. The van der Waals surface area contributed by atoms with Gasteiger partial charge in [-0.3, -0.25) is 14.6 Å². The van der Waals surface area contributed by atoms with E-state index in [9.17, 15) is 0 Å². The summed E-state index contributed by atoms with van der Waals surface area (Å²) >= 11 is 0. The van der Waals surface area contributed by atoms with Crippen molar-refractivity contribution in [3.05, 3.63) is 72.9 Å². The highest BCUT2D eigenvalue weighted by atomic mass is 15.3. The molecule has 0 spiro atoms. The third kappa shape index (κ3) is 3.73. The standard InChI is InChI=1S/C25H25N7/c1-16(2)19-12-24(31(3)14-19)29-23-6-5-21-22(28-23)11-18(13-27-21)20-15-32(4)30-25(20)17-7-9-26-10-8-17/h5-16H,1-4H3,(H,28,29). The highest BCUT2D eigenvalue weighted by Gasteiger charge is 2.14. The number of rotatable bonds is 5. The van der Waals surface area contributed by atoms with Gasteiger partial charge in [-0.1, -0.05) is 13.8 Å². The van der Waals surface area contributed by atoms with Crippen LogP contribution >= 0.6 is 0 Å². The van der Waals surface area contributed by atoms with Crippen LogP contribution < -0.4 is 5.32 Å². The molecule has 5 rings (SSSR count). The molecule has 0 bridgehead atoms. The molecule has 5 heterocycles. The average molecular weight is 424 g/mol. The van der Waals surface area contributed by atoms with Crippen molar-refractivity contribution in [1.29, 1.82) is 0 Å². The van der Waals surface area contributed by atoms with E-state index in [1.54, 1.807) is 12.4 Å². The predicted molar refractivity (Wildman–Crippen MR) is 128 cm³/mol. The minimum Gasteiger partial charge on any atom is -0.337 e. The lowest BCUT2D eigenvalue weighted by atomic mass is 10.0. The summed E-state index contributed by atoms with van der Waals surface area (Å²) in [6, 6.07) is 12.1. The van der Waals surface area contributed by atoms with E-state index in [-0.39, 0.29) is 0 Å². The first-order chi connectivity index (χ1) is 15.5. The Balaban J connectivity index is 1.53. The van der Waals surface area contributed by atoms with Crippen LogP contribution in [0.2, 0.25) is 0 Å². The molecule has 0 saturated carbocycles. The zero-order valence-electron chi connectivity index (χ0n) is 18.6. The van der Waals surface area contributed by atoms with Crippen LogP contribution in [0.15, 0.2) is 67.4 Å². The molecular weight excluding hydrogens is 398 g/mol. The minimum atomic E-state index is 0.474. The van der Waals surface area contributed by atoms with Crippen LogP contribution in [0, 0.1) is 0 Å². The second kappa shape index (κ2) is 7.92. The van der Waals surface area contributed by atoms with Crippen molar-refractivity contribution in [1.82, 2.24) is 29.3 Å². The molecule has 0 saturated heterocycles. The van der Waals surface area contributed by atoms with Gasteiger partial charge in [-0.25, -0.2) is 4.98 Å². The van der Waals surface area contributed by atoms with Crippen molar-refractivity contribution < 1.29 is 0 Å². The fraction of sp³-hybridized carbons (Fsp3) is 0.200. The SMILES string of the molecule is CC(C)c1cc(Nc2ccc3ncc(-c4cn(C)nc4-c4ccncc4)cc3n2)n(C)c1. The number of hydrogen-bond donors (Lipinski definition) is 1. The molecule has 5 aromatic heterocycles. The Morgan fingerprint density at radius 1 is 0.906 bits per heavy atom. The number of pyridine rings is 3. The maximum Gasteiger partial charge on any atom is 0.132 e. The molecule has 1 N–H and O–H groups in total. The van der Waals surface area contributed by atoms with Crippen LogP contribution in [0.1, 0.15) is 25.3 Å². The van der Waals surface area contributed by atoms with Crippen molar-refractivity contribution in [3.63, 3.8) is 0 Å². The van der Waals surface area contributed by atoms with Crippen molar-refractivity contribution >= 4 is 22.7 Å². The van der Waals surface area contributed by atoms with Crippen molar-refractivity contribution in [2.75, 3.05) is 5.32 Å². The normalized spacial score (nSPS) is 11.4. The topological polar surface area (TPSA) is 73.5 Å². The van der Waals surface area contributed by atoms with Gasteiger partial charge in [0, 0.05) is 61.8 Å². The molecule has 0 aromatic carbocycles. The second-order valence-corrected chi connectivity index (χ2v) is 8.31. The highest BCUT2D eigenvalue weighted by Crippen LogP contribution is 2.32. The van der Waals surface area contributed by atoms with Crippen LogP contribution in [-0.2, 0) is 14.1 Å². The zero-order valence-corrected chi connectivity index (χ0v) is 18.6. The fourth-order valence-electron chi connectivity index (χ4n) is 3.81. The van der Waals surface area contributed by atoms with Gasteiger partial charge in [-0.2, -0.15) is 5.10 Å². The Labute approximate surface area is 186 Å². The number of fused-ring (bicyclic) bond motifs is 1. The first kappa shape index (κ1) is 19.9. The lowest BCUT2D eigenvalue weighted by molar-refractivity contribution is 0.771. The van der Waals surface area contributed by atoms with E-state index >= 15 is 0 Å². The molecule has 0 fully saturated rings. The molecule has 0 unspecified atom stereocenters. The van der Waals surface area contributed by atoms with E-state index < -0.39 is 0 Å². The summed E-state index contributed by atoms with van der Waals surface area (Å²) in [6.45, 7) is 4.39. The molecule has 0 amide bonds. The second-order valence-electron chi connectivity index (χ2n) is 8.31. The third-order valence-electron chi connectivity index (χ3n) is 5.58. The first-order valence-electron chi connectivity index (χ1n) is 10.6. The predicted octanol–water partition coefficient (Wildman–Crippen LogP) is 5.30. The molecule has 0 atom stereocenters. The largest absolute Gasteiger partial charge is 0.337 e. The lowest BCUT2D eigenvalue weighted by Crippen LogP contribution is -1.99. The van der Waals surface area contributed by atoms with E-state index in [2.05, 4.69) is 57.1 Å². The van der Waals surface area contributed by atoms with E-state index in [1.165, 1.54) is 5.56 Å². The number of anilines is 2. The molecule has 160 valence electrons. The van der Waals surface area contributed by atoms with Gasteiger partial charge in [0.1, 0.15) is 17.3 Å². The molecule has 0 aliphatic carbocycles. The summed E-state index contributed by atoms with van der Waals surface area (Å²) in [6.07, 6.45) is 9.60. The summed E-state index contributed by atoms with van der Waals surface area (Å²) in [4.78, 5) is 13.6. The molecule has 0 radical (unpaired) electrons. The number of aryl methyl sites for hydroxylation is 2. The maximum atomic E-state index is 4.84. The fourth-order valence-corrected chi connectivity index (χ4v) is 3.81. The number of nitrogens with one attached hydrogen (secondary N) is 1. The molecule has 0 aliphatic rings. The van der Waals surface area contributed by atoms with Gasteiger partial charge in [-0.15, -0.1) is 0 Å². The molecule has 7 heteroatoms. The Bertz CT molecular complexity index is 1400. The summed E-state index contributed by atoms with van der Waals surface area (Å²) in [5, 5.41) is 8.10. The summed E-state index contributed by atoms with van der Waals surface area (Å²) < 4.78 is 3.91. The number of aromatic nitrogens is 6. The monoisotopic (exact) mass is 423 g/mol. The Hall–Kier alpha value is -4.00. The maximum absolute atomic E-state index is 4.84. The quantitative estimate of drug-likeness (QED) is 0.415. The summed E-state index contributed by atoms with van der Waals surface area (Å²) in [5.41, 5.74) is 6.87. The lowest BCUT2D eigenvalue weighted by Gasteiger charge is -2.08. The smallest absolute Gasteiger partial charge is 0.132 e. The number of nitrogens with zero attached hydrogens (tertiary/aromatic N) is 6. The van der Waals surface area contributed by atoms with Gasteiger partial charge in [0.2, 0.25) is 0 Å². The molecule has 7 nitrogen and oxygen atoms in total. The Morgan fingerprint density at radius 2 is 1.72 bits per heavy atom. The van der Waals surface area contributed by atoms with E-state index in [0.29, 0.717) is 5.92 Å².